The molecular weight excluding hydrogens is 260 g/mol. The van der Waals surface area contributed by atoms with Crippen molar-refractivity contribution in [3.8, 4) is 5.75 Å². The molecule has 0 fully saturated rings. The van der Waals surface area contributed by atoms with Gasteiger partial charge in [-0.25, -0.2) is 0 Å². The molecule has 1 rings (SSSR count). The lowest BCUT2D eigenvalue weighted by Crippen LogP contribution is -2.08. The molecule has 0 N–H and O–H groups in total. The quantitative estimate of drug-likeness (QED) is 0.312. The predicted octanol–water partition coefficient (Wildman–Crippen LogP) is 5.74. The van der Waals surface area contributed by atoms with Crippen LogP contribution < -0.4 is 4.74 Å². The molecule has 0 saturated carbocycles. The minimum absolute atomic E-state index is 0.102. The first-order valence-electron chi connectivity index (χ1n) is 8.42. The van der Waals surface area contributed by atoms with Crippen LogP contribution in [0.4, 0.5) is 0 Å². The highest BCUT2D eigenvalue weighted by molar-refractivity contribution is 5.72. The molecule has 0 spiro atoms. The van der Waals surface area contributed by atoms with E-state index in [0.29, 0.717) is 12.2 Å². The summed E-state index contributed by atoms with van der Waals surface area (Å²) < 4.78 is 5.45. The Balaban J connectivity index is 2.13. The Morgan fingerprint density at radius 3 is 2.24 bits per heavy atom. The molecule has 0 unspecified atom stereocenters. The second kappa shape index (κ2) is 10.4. The zero-order chi connectivity index (χ0) is 15.5. The highest BCUT2D eigenvalue weighted by atomic mass is 16.5. The van der Waals surface area contributed by atoms with Crippen molar-refractivity contribution < 1.29 is 9.53 Å². The maximum absolute atomic E-state index is 11.8. The average molecular weight is 290 g/mol. The summed E-state index contributed by atoms with van der Waals surface area (Å²) in [5.41, 5.74) is 2.22. The fraction of sp³-hybridized carbons (Fsp3) is 0.632. The zero-order valence-corrected chi connectivity index (χ0v) is 13.9. The molecule has 0 amide bonds. The number of ether oxygens (including phenoxy) is 1. The van der Waals surface area contributed by atoms with Crippen LogP contribution in [0, 0.1) is 13.8 Å². The van der Waals surface area contributed by atoms with Crippen molar-refractivity contribution in [1.82, 2.24) is 0 Å². The van der Waals surface area contributed by atoms with Gasteiger partial charge in [-0.2, -0.15) is 0 Å². The maximum Gasteiger partial charge on any atom is 0.311 e. The van der Waals surface area contributed by atoms with Crippen LogP contribution in [0.15, 0.2) is 18.2 Å². The second-order valence-corrected chi connectivity index (χ2v) is 5.90. The summed E-state index contributed by atoms with van der Waals surface area (Å²) in [4.78, 5) is 11.8. The van der Waals surface area contributed by atoms with Crippen molar-refractivity contribution >= 4 is 5.97 Å². The third-order valence-corrected chi connectivity index (χ3v) is 4.01. The van der Waals surface area contributed by atoms with E-state index in [1.165, 1.54) is 38.5 Å². The molecule has 0 aliphatic rings. The molecule has 0 heterocycles. The molecule has 21 heavy (non-hydrogen) atoms. The van der Waals surface area contributed by atoms with Gasteiger partial charge in [0, 0.05) is 6.42 Å². The molecule has 0 atom stereocenters. The van der Waals surface area contributed by atoms with Crippen LogP contribution in [0.25, 0.3) is 0 Å². The van der Waals surface area contributed by atoms with E-state index in [0.717, 1.165) is 24.0 Å². The summed E-state index contributed by atoms with van der Waals surface area (Å²) in [6.07, 6.45) is 10.5. The number of unbranched alkanes of at least 4 members (excludes halogenated alkanes) is 7. The van der Waals surface area contributed by atoms with Crippen molar-refractivity contribution in [1.29, 1.82) is 0 Å². The summed E-state index contributed by atoms with van der Waals surface area (Å²) >= 11 is 0. The SMILES string of the molecule is CCCCCCCCCCC(=O)Oc1cccc(C)c1C. The number of rotatable bonds is 10. The number of carbonyl (C=O) groups excluding carboxylic acids is 1. The number of benzene rings is 1. The lowest BCUT2D eigenvalue weighted by Gasteiger charge is -2.09. The van der Waals surface area contributed by atoms with Crippen molar-refractivity contribution in [2.24, 2.45) is 0 Å². The van der Waals surface area contributed by atoms with Crippen LogP contribution in [0.3, 0.4) is 0 Å². The normalized spacial score (nSPS) is 10.6. The second-order valence-electron chi connectivity index (χ2n) is 5.90. The van der Waals surface area contributed by atoms with Gasteiger partial charge in [-0.1, -0.05) is 64.0 Å². The minimum atomic E-state index is -0.102. The molecule has 0 radical (unpaired) electrons. The van der Waals surface area contributed by atoms with Crippen LogP contribution in [0.5, 0.6) is 5.75 Å². The van der Waals surface area contributed by atoms with Gasteiger partial charge in [0.1, 0.15) is 5.75 Å². The van der Waals surface area contributed by atoms with E-state index in [2.05, 4.69) is 6.92 Å². The molecule has 0 bridgehead atoms. The van der Waals surface area contributed by atoms with Crippen LogP contribution in [0.1, 0.15) is 75.8 Å². The van der Waals surface area contributed by atoms with Crippen molar-refractivity contribution in [2.75, 3.05) is 0 Å². The Morgan fingerprint density at radius 1 is 0.952 bits per heavy atom. The van der Waals surface area contributed by atoms with E-state index in [4.69, 9.17) is 4.74 Å². The molecular formula is C19H30O2. The maximum atomic E-state index is 11.8. The lowest BCUT2D eigenvalue weighted by molar-refractivity contribution is -0.134. The highest BCUT2D eigenvalue weighted by Crippen LogP contribution is 2.21. The van der Waals surface area contributed by atoms with Gasteiger partial charge in [0.15, 0.2) is 0 Å². The third kappa shape index (κ3) is 7.31. The first kappa shape index (κ1) is 17.7. The van der Waals surface area contributed by atoms with E-state index < -0.39 is 0 Å². The fourth-order valence-electron chi connectivity index (χ4n) is 2.41. The fourth-order valence-corrected chi connectivity index (χ4v) is 2.41. The third-order valence-electron chi connectivity index (χ3n) is 4.01. The van der Waals surface area contributed by atoms with Crippen LogP contribution >= 0.6 is 0 Å². The number of hydrogen-bond donors (Lipinski definition) is 0. The van der Waals surface area contributed by atoms with Crippen LogP contribution in [0.2, 0.25) is 0 Å². The van der Waals surface area contributed by atoms with Gasteiger partial charge < -0.3 is 4.74 Å². The Bertz CT molecular complexity index is 424. The number of carbonyl (C=O) groups is 1. The van der Waals surface area contributed by atoms with Crippen LogP contribution in [-0.2, 0) is 4.79 Å². The van der Waals surface area contributed by atoms with Gasteiger partial charge in [-0.3, -0.25) is 4.79 Å². The monoisotopic (exact) mass is 290 g/mol. The topological polar surface area (TPSA) is 26.3 Å². The average Bonchev–Trinajstić information content (AvgIpc) is 2.47. The Kier molecular flexibility index (Phi) is 8.80. The summed E-state index contributed by atoms with van der Waals surface area (Å²) in [6, 6.07) is 5.83. The van der Waals surface area contributed by atoms with Gasteiger partial charge in [0.25, 0.3) is 0 Å². The number of hydrogen-bond acceptors (Lipinski definition) is 2. The smallest absolute Gasteiger partial charge is 0.311 e. The Labute approximate surface area is 129 Å². The first-order chi connectivity index (χ1) is 10.1. The lowest BCUT2D eigenvalue weighted by atomic mass is 10.1. The van der Waals surface area contributed by atoms with E-state index in [9.17, 15) is 4.79 Å². The predicted molar refractivity (Wildman–Crippen MR) is 88.8 cm³/mol. The Morgan fingerprint density at radius 2 is 1.57 bits per heavy atom. The largest absolute Gasteiger partial charge is 0.426 e. The van der Waals surface area contributed by atoms with E-state index in [-0.39, 0.29) is 5.97 Å². The van der Waals surface area contributed by atoms with Crippen molar-refractivity contribution in [3.05, 3.63) is 29.3 Å². The molecule has 0 saturated heterocycles. The zero-order valence-electron chi connectivity index (χ0n) is 13.9. The van der Waals surface area contributed by atoms with E-state index in [1.54, 1.807) is 0 Å². The molecule has 2 nitrogen and oxygen atoms in total. The summed E-state index contributed by atoms with van der Waals surface area (Å²) in [5.74, 6) is 0.606. The summed E-state index contributed by atoms with van der Waals surface area (Å²) in [6.45, 7) is 6.26. The number of aryl methyl sites for hydroxylation is 1. The Hall–Kier alpha value is -1.31. The van der Waals surface area contributed by atoms with Gasteiger partial charge in [-0.15, -0.1) is 0 Å². The molecule has 0 aliphatic heterocycles. The van der Waals surface area contributed by atoms with Crippen molar-refractivity contribution in [2.45, 2.75) is 78.6 Å². The van der Waals surface area contributed by atoms with E-state index >= 15 is 0 Å². The standard InChI is InChI=1S/C19H30O2/c1-4-5-6-7-8-9-10-11-15-19(20)21-18-14-12-13-16(2)17(18)3/h12-14H,4-11,15H2,1-3H3. The minimum Gasteiger partial charge on any atom is -0.426 e. The molecule has 1 aromatic rings. The summed E-state index contributed by atoms with van der Waals surface area (Å²) in [7, 11) is 0. The molecule has 2 heteroatoms. The molecule has 0 aliphatic carbocycles. The first-order valence-corrected chi connectivity index (χ1v) is 8.42. The van der Waals surface area contributed by atoms with Gasteiger partial charge in [-0.05, 0) is 37.5 Å². The van der Waals surface area contributed by atoms with Crippen LogP contribution in [-0.4, -0.2) is 5.97 Å². The highest BCUT2D eigenvalue weighted by Gasteiger charge is 2.08. The van der Waals surface area contributed by atoms with Gasteiger partial charge >= 0.3 is 5.97 Å². The van der Waals surface area contributed by atoms with E-state index in [1.807, 2.05) is 32.0 Å². The molecule has 0 aromatic heterocycles. The van der Waals surface area contributed by atoms with Crippen molar-refractivity contribution in [3.63, 3.8) is 0 Å². The summed E-state index contributed by atoms with van der Waals surface area (Å²) in [5, 5.41) is 0. The number of esters is 1. The van der Waals surface area contributed by atoms with Gasteiger partial charge in [0.2, 0.25) is 0 Å². The van der Waals surface area contributed by atoms with Gasteiger partial charge in [0.05, 0.1) is 0 Å². The molecule has 118 valence electrons. The molecule has 1 aromatic carbocycles.